The minimum Gasteiger partial charge on any atom is -0.370 e. The highest BCUT2D eigenvalue weighted by Gasteiger charge is 2.32. The number of alkyl halides is 3. The Morgan fingerprint density at radius 1 is 1.40 bits per heavy atom. The molecule has 4 nitrogen and oxygen atoms in total. The lowest BCUT2D eigenvalue weighted by Crippen LogP contribution is -2.37. The van der Waals surface area contributed by atoms with Crippen molar-refractivity contribution in [2.75, 3.05) is 6.54 Å². The number of nitrogens with two attached hydrogens (primary N) is 1. The molecule has 3 N–H and O–H groups in total. The molecule has 0 atom stereocenters. The maximum absolute atomic E-state index is 12.5. The number of halogens is 3. The van der Waals surface area contributed by atoms with Gasteiger partial charge in [0, 0.05) is 6.54 Å². The molecule has 110 valence electrons. The van der Waals surface area contributed by atoms with E-state index in [1.165, 1.54) is 31.4 Å². The average molecular weight is 286 g/mol. The highest BCUT2D eigenvalue weighted by atomic mass is 19.4. The number of hydrogen-bond donors (Lipinski definition) is 2. The van der Waals surface area contributed by atoms with Gasteiger partial charge in [0.25, 0.3) is 0 Å². The van der Waals surface area contributed by atoms with Crippen LogP contribution in [0.5, 0.6) is 0 Å². The topological polar surface area (TPSA) is 63.3 Å². The van der Waals surface area contributed by atoms with Gasteiger partial charge in [0.1, 0.15) is 5.69 Å². The zero-order valence-corrected chi connectivity index (χ0v) is 11.0. The van der Waals surface area contributed by atoms with Crippen LogP contribution in [0.4, 0.5) is 13.2 Å². The summed E-state index contributed by atoms with van der Waals surface area (Å²) in [6.45, 7) is 0.804. The summed E-state index contributed by atoms with van der Waals surface area (Å²) in [6, 6.07) is 3.75. The van der Waals surface area contributed by atoms with Gasteiger partial charge in [-0.15, -0.1) is 0 Å². The summed E-state index contributed by atoms with van der Waals surface area (Å²) < 4.78 is 37.5. The second-order valence-electron chi connectivity index (χ2n) is 4.89. The zero-order valence-electron chi connectivity index (χ0n) is 11.0. The summed E-state index contributed by atoms with van der Waals surface area (Å²) in [5.41, 5.74) is 4.99. The predicted molar refractivity (Wildman–Crippen MR) is 69.9 cm³/mol. The lowest BCUT2D eigenvalue weighted by molar-refractivity contribution is -0.141. The Balaban J connectivity index is 1.88. The lowest BCUT2D eigenvalue weighted by Gasteiger charge is -2.25. The van der Waals surface area contributed by atoms with Gasteiger partial charge < -0.3 is 11.1 Å². The fraction of sp³-hybridized carbons (Fsp3) is 0.538. The Hall–Kier alpha value is -1.79. The van der Waals surface area contributed by atoms with Crippen molar-refractivity contribution in [3.05, 3.63) is 29.6 Å². The van der Waals surface area contributed by atoms with Crippen LogP contribution in [0.25, 0.3) is 0 Å². The van der Waals surface area contributed by atoms with Crippen LogP contribution in [0.2, 0.25) is 0 Å². The summed E-state index contributed by atoms with van der Waals surface area (Å²) in [5.74, 6) is 0.881. The van der Waals surface area contributed by atoms with Crippen molar-refractivity contribution in [2.24, 2.45) is 16.6 Å². The van der Waals surface area contributed by atoms with Gasteiger partial charge in [0.05, 0.1) is 12.2 Å². The van der Waals surface area contributed by atoms with E-state index in [1.807, 2.05) is 0 Å². The molecule has 1 aromatic heterocycles. The van der Waals surface area contributed by atoms with Crippen molar-refractivity contribution in [1.29, 1.82) is 0 Å². The molecule has 1 heterocycles. The van der Waals surface area contributed by atoms with E-state index in [2.05, 4.69) is 15.3 Å². The molecule has 1 aliphatic carbocycles. The lowest BCUT2D eigenvalue weighted by atomic mass is 9.85. The van der Waals surface area contributed by atoms with Gasteiger partial charge in [0.2, 0.25) is 0 Å². The number of pyridine rings is 1. The standard InChI is InChI=1S/C13H17F3N4/c14-13(15,16)11-6-2-5-10(20-11)8-19-12(17)18-7-9-3-1-4-9/h2,5-6,9H,1,3-4,7-8H2,(H3,17,18,19). The van der Waals surface area contributed by atoms with E-state index in [-0.39, 0.29) is 18.2 Å². The summed E-state index contributed by atoms with van der Waals surface area (Å²) in [6.07, 6.45) is -0.809. The third-order valence-electron chi connectivity index (χ3n) is 3.31. The molecule has 0 bridgehead atoms. The third kappa shape index (κ3) is 4.11. The third-order valence-corrected chi connectivity index (χ3v) is 3.31. The normalized spacial score (nSPS) is 16.9. The van der Waals surface area contributed by atoms with Crippen molar-refractivity contribution >= 4 is 5.96 Å². The molecule has 0 unspecified atom stereocenters. The second kappa shape index (κ2) is 6.11. The van der Waals surface area contributed by atoms with Crippen LogP contribution in [-0.4, -0.2) is 17.5 Å². The molecular weight excluding hydrogens is 269 g/mol. The first-order valence-corrected chi connectivity index (χ1v) is 6.52. The molecule has 0 aromatic carbocycles. The number of aromatic nitrogens is 1. The van der Waals surface area contributed by atoms with E-state index in [9.17, 15) is 13.2 Å². The molecule has 2 rings (SSSR count). The van der Waals surface area contributed by atoms with Gasteiger partial charge in [0.15, 0.2) is 5.96 Å². The number of aliphatic imine (C=N–C) groups is 1. The number of nitrogens with one attached hydrogen (secondary N) is 1. The van der Waals surface area contributed by atoms with Crippen LogP contribution < -0.4 is 11.1 Å². The summed E-state index contributed by atoms with van der Waals surface area (Å²) >= 11 is 0. The molecular formula is C13H17F3N4. The molecule has 0 saturated heterocycles. The van der Waals surface area contributed by atoms with Gasteiger partial charge in [-0.3, -0.25) is 0 Å². The van der Waals surface area contributed by atoms with Crippen molar-refractivity contribution in [2.45, 2.75) is 32.0 Å². The summed E-state index contributed by atoms with van der Waals surface area (Å²) in [7, 11) is 0. The quantitative estimate of drug-likeness (QED) is 0.659. The van der Waals surface area contributed by atoms with Gasteiger partial charge in [-0.25, -0.2) is 9.98 Å². The van der Waals surface area contributed by atoms with Crippen molar-refractivity contribution in [1.82, 2.24) is 10.3 Å². The maximum atomic E-state index is 12.5. The van der Waals surface area contributed by atoms with E-state index < -0.39 is 11.9 Å². The van der Waals surface area contributed by atoms with Crippen LogP contribution in [0.1, 0.15) is 30.7 Å². The maximum Gasteiger partial charge on any atom is 0.433 e. The number of hydrogen-bond acceptors (Lipinski definition) is 2. The van der Waals surface area contributed by atoms with Crippen LogP contribution in [0.15, 0.2) is 23.2 Å². The minimum absolute atomic E-state index is 0.0351. The largest absolute Gasteiger partial charge is 0.433 e. The zero-order chi connectivity index (χ0) is 14.6. The summed E-state index contributed by atoms with van der Waals surface area (Å²) in [4.78, 5) is 7.52. The Kier molecular flexibility index (Phi) is 4.46. The van der Waals surface area contributed by atoms with E-state index >= 15 is 0 Å². The Morgan fingerprint density at radius 2 is 2.15 bits per heavy atom. The first kappa shape index (κ1) is 14.6. The molecule has 1 saturated carbocycles. The SMILES string of the molecule is NC(=NCc1cccc(C(F)(F)F)n1)NCC1CCC1. The van der Waals surface area contributed by atoms with Gasteiger partial charge in [-0.05, 0) is 30.9 Å². The van der Waals surface area contributed by atoms with Crippen LogP contribution in [0, 0.1) is 5.92 Å². The predicted octanol–water partition coefficient (Wildman–Crippen LogP) is 2.30. The number of nitrogens with zero attached hydrogens (tertiary/aromatic N) is 2. The average Bonchev–Trinajstić information content (AvgIpc) is 2.34. The van der Waals surface area contributed by atoms with Gasteiger partial charge in [-0.2, -0.15) is 13.2 Å². The van der Waals surface area contributed by atoms with Crippen molar-refractivity contribution < 1.29 is 13.2 Å². The van der Waals surface area contributed by atoms with E-state index in [1.54, 1.807) is 0 Å². The first-order valence-electron chi connectivity index (χ1n) is 6.52. The molecule has 0 radical (unpaired) electrons. The molecule has 0 spiro atoms. The highest BCUT2D eigenvalue weighted by molar-refractivity contribution is 5.77. The number of rotatable bonds is 4. The fourth-order valence-electron chi connectivity index (χ4n) is 1.89. The Labute approximate surface area is 115 Å². The molecule has 0 aliphatic heterocycles. The highest BCUT2D eigenvalue weighted by Crippen LogP contribution is 2.27. The van der Waals surface area contributed by atoms with Crippen LogP contribution in [0.3, 0.4) is 0 Å². The van der Waals surface area contributed by atoms with Crippen LogP contribution >= 0.6 is 0 Å². The Morgan fingerprint density at radius 3 is 2.75 bits per heavy atom. The van der Waals surface area contributed by atoms with Gasteiger partial charge in [-0.1, -0.05) is 12.5 Å². The molecule has 1 aliphatic rings. The first-order chi connectivity index (χ1) is 9.45. The fourth-order valence-corrected chi connectivity index (χ4v) is 1.89. The van der Waals surface area contributed by atoms with Crippen LogP contribution in [-0.2, 0) is 12.7 Å². The molecule has 20 heavy (non-hydrogen) atoms. The summed E-state index contributed by atoms with van der Waals surface area (Å²) in [5, 5.41) is 2.98. The van der Waals surface area contributed by atoms with E-state index in [4.69, 9.17) is 5.73 Å². The van der Waals surface area contributed by atoms with E-state index in [0.29, 0.717) is 5.92 Å². The van der Waals surface area contributed by atoms with Crippen molar-refractivity contribution in [3.63, 3.8) is 0 Å². The Bertz CT molecular complexity index is 481. The molecule has 7 heteroatoms. The molecule has 0 amide bonds. The van der Waals surface area contributed by atoms with Crippen molar-refractivity contribution in [3.8, 4) is 0 Å². The minimum atomic E-state index is -4.44. The van der Waals surface area contributed by atoms with Gasteiger partial charge >= 0.3 is 6.18 Å². The van der Waals surface area contributed by atoms with E-state index in [0.717, 1.165) is 12.6 Å². The second-order valence-corrected chi connectivity index (χ2v) is 4.89. The molecule has 1 aromatic rings. The number of guanidine groups is 1. The molecule has 1 fully saturated rings. The monoisotopic (exact) mass is 286 g/mol. The smallest absolute Gasteiger partial charge is 0.370 e.